The first-order chi connectivity index (χ1) is 14.0. The first-order valence-electron chi connectivity index (χ1n) is 11.1. The minimum absolute atomic E-state index is 0.0225. The summed E-state index contributed by atoms with van der Waals surface area (Å²) in [6.07, 6.45) is 6.28. The van der Waals surface area contributed by atoms with Crippen LogP contribution in [0.2, 0.25) is 0 Å². The lowest BCUT2D eigenvalue weighted by molar-refractivity contribution is -0.210. The third-order valence-electron chi connectivity index (χ3n) is 5.64. The maximum Gasteiger partial charge on any atom is 0.243 e. The molecule has 1 spiro atoms. The zero-order valence-electron chi connectivity index (χ0n) is 18.7. The van der Waals surface area contributed by atoms with Crippen molar-refractivity contribution in [3.8, 4) is 0 Å². The van der Waals surface area contributed by atoms with Gasteiger partial charge in [0.05, 0.1) is 19.8 Å². The molecule has 2 aliphatic rings. The fourth-order valence-corrected chi connectivity index (χ4v) is 3.52. The lowest BCUT2D eigenvalue weighted by atomic mass is 9.99. The molecule has 0 saturated carbocycles. The predicted octanol–water partition coefficient (Wildman–Crippen LogP) is 1.75. The highest BCUT2D eigenvalue weighted by molar-refractivity contribution is 5.84. The molecule has 168 valence electrons. The van der Waals surface area contributed by atoms with E-state index in [1.165, 1.54) is 19.3 Å². The summed E-state index contributed by atoms with van der Waals surface area (Å²) in [4.78, 5) is 18.0. The third kappa shape index (κ3) is 8.10. The van der Waals surface area contributed by atoms with Crippen molar-refractivity contribution in [2.24, 2.45) is 10.9 Å². The average Bonchev–Trinajstić information content (AvgIpc) is 3.11. The van der Waals surface area contributed by atoms with E-state index in [1.807, 2.05) is 0 Å². The van der Waals surface area contributed by atoms with Crippen molar-refractivity contribution < 1.29 is 19.0 Å². The number of nitrogens with zero attached hydrogens (tertiary/aromatic N) is 2. The van der Waals surface area contributed by atoms with Crippen LogP contribution in [0.15, 0.2) is 4.99 Å². The number of carbonyl (C=O) groups is 1. The number of carbonyl (C=O) groups excluding carboxylic acids is 1. The highest BCUT2D eigenvalue weighted by atomic mass is 16.7. The molecule has 0 aromatic carbocycles. The average molecular weight is 413 g/mol. The second-order valence-electron chi connectivity index (χ2n) is 8.21. The Morgan fingerprint density at radius 2 is 2.00 bits per heavy atom. The molecule has 2 rings (SSSR count). The van der Waals surface area contributed by atoms with Crippen molar-refractivity contribution in [1.82, 2.24) is 15.5 Å². The van der Waals surface area contributed by atoms with E-state index in [2.05, 4.69) is 29.5 Å². The number of nitrogens with one attached hydrogen (secondary N) is 2. The van der Waals surface area contributed by atoms with Crippen LogP contribution in [0.5, 0.6) is 0 Å². The highest BCUT2D eigenvalue weighted by Gasteiger charge is 2.42. The van der Waals surface area contributed by atoms with Gasteiger partial charge in [0.2, 0.25) is 5.91 Å². The molecule has 2 heterocycles. The lowest BCUT2D eigenvalue weighted by Gasteiger charge is -2.31. The summed E-state index contributed by atoms with van der Waals surface area (Å²) in [6.45, 7) is 7.92. The summed E-state index contributed by atoms with van der Waals surface area (Å²) in [5.41, 5.74) is 0. The van der Waals surface area contributed by atoms with Crippen LogP contribution in [0.1, 0.15) is 52.4 Å². The summed E-state index contributed by atoms with van der Waals surface area (Å²) < 4.78 is 17.5. The Morgan fingerprint density at radius 1 is 1.24 bits per heavy atom. The number of ether oxygens (including phenoxy) is 3. The van der Waals surface area contributed by atoms with Gasteiger partial charge in [-0.25, -0.2) is 4.99 Å². The van der Waals surface area contributed by atoms with Crippen LogP contribution >= 0.6 is 0 Å². The maximum atomic E-state index is 12.0. The summed E-state index contributed by atoms with van der Waals surface area (Å²) in [7, 11) is 3.49. The van der Waals surface area contributed by atoms with Crippen LogP contribution < -0.4 is 10.6 Å². The molecule has 8 heteroatoms. The maximum absolute atomic E-state index is 12.0. The molecule has 2 N–H and O–H groups in total. The number of hydrogen-bond acceptors (Lipinski definition) is 5. The van der Waals surface area contributed by atoms with Gasteiger partial charge in [-0.15, -0.1) is 0 Å². The topological polar surface area (TPSA) is 84.4 Å². The van der Waals surface area contributed by atoms with Crippen molar-refractivity contribution in [3.05, 3.63) is 0 Å². The predicted molar refractivity (Wildman–Crippen MR) is 114 cm³/mol. The molecule has 0 aromatic heterocycles. The molecule has 2 unspecified atom stereocenters. The zero-order chi connectivity index (χ0) is 21.1. The van der Waals surface area contributed by atoms with Crippen molar-refractivity contribution in [2.75, 3.05) is 53.6 Å². The van der Waals surface area contributed by atoms with Gasteiger partial charge in [-0.1, -0.05) is 33.1 Å². The Balaban J connectivity index is 1.87. The number of rotatable bonds is 10. The molecule has 2 aliphatic heterocycles. The smallest absolute Gasteiger partial charge is 0.243 e. The Labute approximate surface area is 175 Å². The largest absolute Gasteiger partial charge is 0.381 e. The summed E-state index contributed by atoms with van der Waals surface area (Å²) in [5, 5.41) is 6.77. The van der Waals surface area contributed by atoms with Crippen LogP contribution in [0.4, 0.5) is 0 Å². The number of guanidine groups is 1. The highest BCUT2D eigenvalue weighted by Crippen LogP contribution is 2.32. The summed E-state index contributed by atoms with van der Waals surface area (Å²) >= 11 is 0. The Bertz CT molecular complexity index is 521. The Morgan fingerprint density at radius 3 is 2.66 bits per heavy atom. The van der Waals surface area contributed by atoms with Crippen molar-refractivity contribution in [2.45, 2.75) is 64.3 Å². The number of aliphatic imine (C=N–C) groups is 1. The van der Waals surface area contributed by atoms with Crippen LogP contribution in [-0.4, -0.2) is 82.2 Å². The second kappa shape index (κ2) is 12.3. The normalized spacial score (nSPS) is 22.5. The van der Waals surface area contributed by atoms with Gasteiger partial charge in [-0.3, -0.25) is 4.79 Å². The monoisotopic (exact) mass is 412 g/mol. The molecule has 2 atom stereocenters. The molecule has 2 fully saturated rings. The van der Waals surface area contributed by atoms with Crippen LogP contribution in [-0.2, 0) is 19.0 Å². The van der Waals surface area contributed by atoms with E-state index in [9.17, 15) is 4.79 Å². The Hall–Kier alpha value is -1.38. The molecule has 29 heavy (non-hydrogen) atoms. The van der Waals surface area contributed by atoms with Gasteiger partial charge in [0.1, 0.15) is 12.6 Å². The van der Waals surface area contributed by atoms with Crippen molar-refractivity contribution in [1.29, 1.82) is 0 Å². The first-order valence-corrected chi connectivity index (χ1v) is 11.1. The van der Waals surface area contributed by atoms with Crippen molar-refractivity contribution >= 4 is 11.9 Å². The van der Waals surface area contributed by atoms with Gasteiger partial charge in [0, 0.05) is 40.0 Å². The number of amides is 1. The molecule has 2 saturated heterocycles. The fourth-order valence-electron chi connectivity index (χ4n) is 3.52. The van der Waals surface area contributed by atoms with Gasteiger partial charge in [0.25, 0.3) is 0 Å². The molecule has 0 aliphatic carbocycles. The Kier molecular flexibility index (Phi) is 10.2. The number of likely N-dealkylation sites (N-methyl/N-ethyl adjacent to an activating group) is 1. The van der Waals surface area contributed by atoms with Gasteiger partial charge in [0.15, 0.2) is 11.7 Å². The summed E-state index contributed by atoms with van der Waals surface area (Å²) in [6, 6.07) is 0. The number of hydrogen-bond donors (Lipinski definition) is 2. The third-order valence-corrected chi connectivity index (χ3v) is 5.64. The van der Waals surface area contributed by atoms with E-state index in [1.54, 1.807) is 19.0 Å². The minimum atomic E-state index is -0.482. The van der Waals surface area contributed by atoms with E-state index >= 15 is 0 Å². The van der Waals surface area contributed by atoms with E-state index in [0.717, 1.165) is 25.8 Å². The van der Waals surface area contributed by atoms with Gasteiger partial charge in [-0.2, -0.15) is 0 Å². The van der Waals surface area contributed by atoms with Crippen LogP contribution in [0.3, 0.4) is 0 Å². The van der Waals surface area contributed by atoms with Crippen molar-refractivity contribution in [3.63, 3.8) is 0 Å². The lowest BCUT2D eigenvalue weighted by Crippen LogP contribution is -2.45. The van der Waals surface area contributed by atoms with Crippen LogP contribution in [0.25, 0.3) is 0 Å². The van der Waals surface area contributed by atoms with E-state index in [0.29, 0.717) is 38.2 Å². The second-order valence-corrected chi connectivity index (χ2v) is 8.21. The minimum Gasteiger partial charge on any atom is -0.381 e. The fraction of sp³-hybridized carbons (Fsp3) is 0.905. The first kappa shape index (κ1) is 23.9. The molecule has 0 radical (unpaired) electrons. The van der Waals surface area contributed by atoms with E-state index in [4.69, 9.17) is 14.2 Å². The SMILES string of the molecule is CCCCC(CC)CNC(=NCC(=O)N(C)C)NCC1COC2(CCOCC2)O1. The molecule has 0 aromatic rings. The summed E-state index contributed by atoms with van der Waals surface area (Å²) in [5.74, 6) is 0.754. The number of unbranched alkanes of at least 4 members (excludes halogenated alkanes) is 1. The standard InChI is InChI=1S/C21H40N4O4/c1-5-7-8-17(6-2)13-22-20(24-15-19(26)25(3)4)23-14-18-16-28-21(29-18)9-11-27-12-10-21/h17-18H,5-16H2,1-4H3,(H2,22,23,24). The van der Waals surface area contributed by atoms with Crippen LogP contribution in [0, 0.1) is 5.92 Å². The molecule has 1 amide bonds. The van der Waals surface area contributed by atoms with Gasteiger partial charge in [-0.05, 0) is 12.3 Å². The zero-order valence-corrected chi connectivity index (χ0v) is 18.7. The molecular formula is C21H40N4O4. The molecule has 8 nitrogen and oxygen atoms in total. The quantitative estimate of drug-likeness (QED) is 0.420. The van der Waals surface area contributed by atoms with E-state index < -0.39 is 5.79 Å². The van der Waals surface area contributed by atoms with Gasteiger partial charge >= 0.3 is 0 Å². The molecular weight excluding hydrogens is 372 g/mol. The van der Waals surface area contributed by atoms with Gasteiger partial charge < -0.3 is 29.7 Å². The molecule has 0 bridgehead atoms. The van der Waals surface area contributed by atoms with E-state index in [-0.39, 0.29) is 18.6 Å².